The lowest BCUT2D eigenvalue weighted by atomic mass is 10.0. The minimum atomic E-state index is -1.04. The molecule has 0 aliphatic carbocycles. The maximum absolute atomic E-state index is 14.0. The number of carbonyl (C=O) groups is 7. The van der Waals surface area contributed by atoms with Crippen molar-refractivity contribution in [3.8, 4) is 0 Å². The van der Waals surface area contributed by atoms with Crippen LogP contribution in [0.25, 0.3) is 0 Å². The van der Waals surface area contributed by atoms with Crippen LogP contribution in [0.3, 0.4) is 0 Å². The molecule has 0 aromatic carbocycles. The summed E-state index contributed by atoms with van der Waals surface area (Å²) >= 11 is 6.17. The number of methoxy groups -OCH3 is 1. The highest BCUT2D eigenvalue weighted by molar-refractivity contribution is 9.09. The molecule has 0 bridgehead atoms. The zero-order valence-corrected chi connectivity index (χ0v) is 41.1. The number of unbranched alkanes of at least 4 members (excludes halogenated alkanes) is 1. The fourth-order valence-electron chi connectivity index (χ4n) is 6.33. The predicted octanol–water partition coefficient (Wildman–Crippen LogP) is 5.35. The van der Waals surface area contributed by atoms with Crippen LogP contribution in [-0.2, 0) is 38.2 Å². The number of rotatable bonds is 29. The van der Waals surface area contributed by atoms with E-state index in [1.807, 2.05) is 27.0 Å². The standard InChI is InChI=1S/C44H71BrN6O9S2/c1-10-22-60-44(58)50-35(25-45)40(54)48-33(20-23-61-9)39(53)46-26-38(52)47-34(24-30(4)5)42(56)51-21-14-19-37(51)41(55)49-36(43(57)59-8)28-62-27-32(7)18-13-17-31(6)16-12-11-15-29(2)3/h10,15-16,18,30,33-37H,1,11-14,17,19-28H2,2-9H3,(H,46,53)(H,47,52)(H,48,54)(H,49,55)(H,50,58)/b31-16+,32-18+/t33-,34-,35-,36-,37-/m0/s1. The summed E-state index contributed by atoms with van der Waals surface area (Å²) in [7, 11) is 1.27. The molecule has 0 saturated carbocycles. The van der Waals surface area contributed by atoms with Crippen molar-refractivity contribution < 1.29 is 43.0 Å². The monoisotopic (exact) mass is 970 g/mol. The second-order valence-electron chi connectivity index (χ2n) is 15.8. The molecule has 0 spiro atoms. The molecule has 15 nitrogen and oxygen atoms in total. The van der Waals surface area contributed by atoms with Crippen LogP contribution < -0.4 is 26.6 Å². The van der Waals surface area contributed by atoms with Crippen LogP contribution in [0.1, 0.15) is 92.9 Å². The zero-order chi connectivity index (χ0) is 46.6. The number of ether oxygens (including phenoxy) is 2. The quantitative estimate of drug-likeness (QED) is 0.0280. The van der Waals surface area contributed by atoms with Crippen LogP contribution >= 0.6 is 39.5 Å². The van der Waals surface area contributed by atoms with Gasteiger partial charge in [0.05, 0.1) is 13.7 Å². The number of carbonyl (C=O) groups excluding carboxylic acids is 7. The van der Waals surface area contributed by atoms with E-state index in [-0.39, 0.29) is 43.0 Å². The predicted molar refractivity (Wildman–Crippen MR) is 253 cm³/mol. The number of thioether (sulfide) groups is 2. The van der Waals surface area contributed by atoms with Gasteiger partial charge in [-0.05, 0) is 97.0 Å². The van der Waals surface area contributed by atoms with E-state index in [1.54, 1.807) is 0 Å². The van der Waals surface area contributed by atoms with Gasteiger partial charge in [0, 0.05) is 23.4 Å². The number of alkyl carbamates (subject to hydrolysis) is 1. The molecular formula is C44H71BrN6O9S2. The Kier molecular flexibility index (Phi) is 29.0. The number of nitrogens with one attached hydrogen (secondary N) is 5. The van der Waals surface area contributed by atoms with Gasteiger partial charge in [0.1, 0.15) is 36.8 Å². The number of hydrogen-bond donors (Lipinski definition) is 5. The van der Waals surface area contributed by atoms with Crippen molar-refractivity contribution in [2.75, 3.05) is 55.7 Å². The van der Waals surface area contributed by atoms with Crippen molar-refractivity contribution in [3.05, 3.63) is 47.6 Å². The number of hydrogen-bond acceptors (Lipinski definition) is 11. The normalized spacial score (nSPS) is 16.0. The lowest BCUT2D eigenvalue weighted by Gasteiger charge is -2.30. The number of halogens is 1. The summed E-state index contributed by atoms with van der Waals surface area (Å²) in [6, 6.07) is -4.84. The maximum Gasteiger partial charge on any atom is 0.408 e. The summed E-state index contributed by atoms with van der Waals surface area (Å²) in [5, 5.41) is 13.2. The van der Waals surface area contributed by atoms with Crippen LogP contribution in [0.5, 0.6) is 0 Å². The van der Waals surface area contributed by atoms with E-state index in [4.69, 9.17) is 9.47 Å². The summed E-state index contributed by atoms with van der Waals surface area (Å²) < 4.78 is 9.90. The first-order valence-corrected chi connectivity index (χ1v) is 24.8. The Bertz CT molecular complexity index is 1590. The number of alkyl halides is 1. The van der Waals surface area contributed by atoms with E-state index in [0.717, 1.165) is 25.7 Å². The molecule has 1 heterocycles. The molecule has 5 atom stereocenters. The van der Waals surface area contributed by atoms with Crippen LogP contribution in [-0.4, -0.2) is 132 Å². The van der Waals surface area contributed by atoms with Gasteiger partial charge in [-0.25, -0.2) is 9.59 Å². The summed E-state index contributed by atoms with van der Waals surface area (Å²) in [5.41, 5.74) is 3.86. The van der Waals surface area contributed by atoms with Crippen molar-refractivity contribution in [2.45, 2.75) is 123 Å². The van der Waals surface area contributed by atoms with Crippen LogP contribution in [0.4, 0.5) is 4.79 Å². The third kappa shape index (κ3) is 23.1. The maximum atomic E-state index is 14.0. The highest BCUT2D eigenvalue weighted by Gasteiger charge is 2.39. The smallest absolute Gasteiger partial charge is 0.408 e. The first kappa shape index (κ1) is 56.2. The highest BCUT2D eigenvalue weighted by atomic mass is 79.9. The molecule has 1 fully saturated rings. The molecule has 0 aromatic rings. The summed E-state index contributed by atoms with van der Waals surface area (Å²) in [6.07, 6.45) is 14.5. The summed E-state index contributed by atoms with van der Waals surface area (Å²) in [6.45, 7) is 15.4. The molecule has 1 aliphatic heterocycles. The fraction of sp³-hybridized carbons (Fsp3) is 0.659. The number of esters is 1. The van der Waals surface area contributed by atoms with Crippen molar-refractivity contribution in [1.82, 2.24) is 31.5 Å². The molecule has 0 radical (unpaired) electrons. The molecule has 18 heteroatoms. The first-order chi connectivity index (χ1) is 29.5. The number of allylic oxidation sites excluding steroid dienone is 5. The minimum Gasteiger partial charge on any atom is -0.467 e. The van der Waals surface area contributed by atoms with Gasteiger partial charge >= 0.3 is 12.1 Å². The number of amides is 6. The second-order valence-corrected chi connectivity index (χ2v) is 18.5. The first-order valence-electron chi connectivity index (χ1n) is 21.1. The second kappa shape index (κ2) is 32.0. The van der Waals surface area contributed by atoms with Gasteiger partial charge in [-0.3, -0.25) is 24.0 Å². The van der Waals surface area contributed by atoms with Gasteiger partial charge in [-0.15, -0.1) is 0 Å². The Balaban J connectivity index is 2.90. The molecule has 350 valence electrons. The molecule has 1 aliphatic rings. The van der Waals surface area contributed by atoms with Gasteiger partial charge in [0.2, 0.25) is 29.5 Å². The Morgan fingerprint density at radius 2 is 1.56 bits per heavy atom. The van der Waals surface area contributed by atoms with E-state index in [0.29, 0.717) is 24.3 Å². The Hall–Kier alpha value is -3.77. The molecule has 1 saturated heterocycles. The SMILES string of the molecule is C=CCOC(=O)N[C@@H](CBr)C(=O)N[C@@H](CCSC)C(=O)NCC(=O)N[C@@H](CC(C)C)C(=O)N1CCC[C@H]1C(=O)N[C@@H](CSC/C(C)=C/CC/C(C)=C/CCC=C(C)C)C(=O)OC. The number of likely N-dealkylation sites (tertiary alicyclic amines) is 1. The molecular weight excluding hydrogens is 901 g/mol. The molecule has 6 amide bonds. The van der Waals surface area contributed by atoms with Crippen molar-refractivity contribution in [2.24, 2.45) is 5.92 Å². The summed E-state index contributed by atoms with van der Waals surface area (Å²) in [4.78, 5) is 93.5. The van der Waals surface area contributed by atoms with Gasteiger partial charge in [0.15, 0.2) is 0 Å². The van der Waals surface area contributed by atoms with E-state index in [9.17, 15) is 33.6 Å². The van der Waals surface area contributed by atoms with E-state index in [2.05, 4.69) is 88.1 Å². The van der Waals surface area contributed by atoms with Crippen molar-refractivity contribution in [1.29, 1.82) is 0 Å². The fourth-order valence-corrected chi connectivity index (χ4v) is 8.27. The van der Waals surface area contributed by atoms with Crippen molar-refractivity contribution in [3.63, 3.8) is 0 Å². The third-order valence-electron chi connectivity index (χ3n) is 9.60. The number of nitrogens with zero attached hydrogens (tertiary/aromatic N) is 1. The van der Waals surface area contributed by atoms with Crippen LogP contribution in [0.2, 0.25) is 0 Å². The Morgan fingerprint density at radius 3 is 2.19 bits per heavy atom. The average Bonchev–Trinajstić information content (AvgIpc) is 3.73. The molecule has 5 N–H and O–H groups in total. The Morgan fingerprint density at radius 1 is 0.871 bits per heavy atom. The van der Waals surface area contributed by atoms with E-state index >= 15 is 0 Å². The summed E-state index contributed by atoms with van der Waals surface area (Å²) in [5.74, 6) is -1.93. The van der Waals surface area contributed by atoms with E-state index < -0.39 is 78.4 Å². The van der Waals surface area contributed by atoms with E-state index in [1.165, 1.54) is 58.3 Å². The topological polar surface area (TPSA) is 201 Å². The molecule has 0 aromatic heterocycles. The third-order valence-corrected chi connectivity index (χ3v) is 12.1. The van der Waals surface area contributed by atoms with Gasteiger partial charge in [0.25, 0.3) is 0 Å². The largest absolute Gasteiger partial charge is 0.467 e. The lowest BCUT2D eigenvalue weighted by Crippen LogP contribution is -2.57. The molecule has 62 heavy (non-hydrogen) atoms. The lowest BCUT2D eigenvalue weighted by molar-refractivity contribution is -0.146. The van der Waals surface area contributed by atoms with Crippen LogP contribution in [0, 0.1) is 5.92 Å². The average molecular weight is 972 g/mol. The molecule has 1 rings (SSSR count). The Labute approximate surface area is 386 Å². The van der Waals surface area contributed by atoms with Crippen molar-refractivity contribution >= 4 is 81.1 Å². The minimum absolute atomic E-state index is 0.0128. The molecule has 0 unspecified atom stereocenters. The van der Waals surface area contributed by atoms with Gasteiger partial charge < -0.3 is 41.0 Å². The van der Waals surface area contributed by atoms with Gasteiger partial charge in [-0.1, -0.05) is 77.4 Å². The zero-order valence-electron chi connectivity index (χ0n) is 37.9. The highest BCUT2D eigenvalue weighted by Crippen LogP contribution is 2.21. The van der Waals surface area contributed by atoms with Crippen LogP contribution in [0.15, 0.2) is 47.6 Å². The van der Waals surface area contributed by atoms with Gasteiger partial charge in [-0.2, -0.15) is 23.5 Å².